The lowest BCUT2D eigenvalue weighted by Gasteiger charge is -2.39. The van der Waals surface area contributed by atoms with E-state index in [0.717, 1.165) is 4.90 Å². The molecule has 0 bridgehead atoms. The van der Waals surface area contributed by atoms with E-state index in [-0.39, 0.29) is 13.2 Å². The third kappa shape index (κ3) is 2.00. The third-order valence-corrected chi connectivity index (χ3v) is 2.90. The Kier molecular flexibility index (Phi) is 3.29. The van der Waals surface area contributed by atoms with Crippen LogP contribution in [-0.4, -0.2) is 76.4 Å². The minimum Gasteiger partial charge on any atom is -0.439 e. The summed E-state index contributed by atoms with van der Waals surface area (Å²) in [6.07, 6.45) is -4.51. The normalized spacial score (nSPS) is 38.4. The van der Waals surface area contributed by atoms with Crippen molar-refractivity contribution in [3.8, 4) is 0 Å². The maximum absolute atomic E-state index is 11.4. The second-order valence-corrected chi connectivity index (χ2v) is 3.92. The number of amides is 2. The second-order valence-electron chi connectivity index (χ2n) is 3.92. The van der Waals surface area contributed by atoms with Crippen LogP contribution in [0.15, 0.2) is 0 Å². The maximum Gasteiger partial charge on any atom is 0.417 e. The van der Waals surface area contributed by atoms with Crippen LogP contribution >= 0.6 is 0 Å². The Balaban J connectivity index is 2.12. The molecule has 0 aromatic heterocycles. The predicted molar refractivity (Wildman–Crippen MR) is 50.8 cm³/mol. The highest BCUT2D eigenvalue weighted by molar-refractivity contribution is 5.98. The van der Waals surface area contributed by atoms with Gasteiger partial charge in [0.25, 0.3) is 5.91 Å². The van der Waals surface area contributed by atoms with Crippen LogP contribution in [0.25, 0.3) is 0 Å². The van der Waals surface area contributed by atoms with E-state index in [9.17, 15) is 19.8 Å². The Morgan fingerprint density at radius 1 is 1.29 bits per heavy atom. The zero-order valence-electron chi connectivity index (χ0n) is 8.85. The van der Waals surface area contributed by atoms with Gasteiger partial charge in [0.2, 0.25) is 0 Å². The van der Waals surface area contributed by atoms with E-state index >= 15 is 0 Å². The summed E-state index contributed by atoms with van der Waals surface area (Å²) in [6.45, 7) is -0.977. The molecule has 96 valence electrons. The summed E-state index contributed by atoms with van der Waals surface area (Å²) in [5.74, 6) is -0.586. The highest BCUT2D eigenvalue weighted by atomic mass is 16.6. The molecule has 2 aliphatic heterocycles. The van der Waals surface area contributed by atoms with Gasteiger partial charge in [0.15, 0.2) is 6.61 Å². The van der Waals surface area contributed by atoms with E-state index in [4.69, 9.17) is 9.84 Å². The quantitative estimate of drug-likeness (QED) is 0.491. The number of imide groups is 1. The van der Waals surface area contributed by atoms with E-state index in [0.29, 0.717) is 0 Å². The number of hydrogen-bond donors (Lipinski definition) is 3. The number of nitrogens with zero attached hydrogens (tertiary/aromatic N) is 1. The van der Waals surface area contributed by atoms with E-state index in [1.165, 1.54) is 0 Å². The molecule has 0 aromatic rings. The van der Waals surface area contributed by atoms with Crippen LogP contribution in [0.1, 0.15) is 0 Å². The molecule has 4 atom stereocenters. The number of carbonyl (C=O) groups excluding carboxylic acids is 2. The van der Waals surface area contributed by atoms with Crippen LogP contribution in [0, 0.1) is 0 Å². The molecule has 0 aliphatic carbocycles. The molecule has 0 radical (unpaired) electrons. The van der Waals surface area contributed by atoms with Gasteiger partial charge in [-0.3, -0.25) is 4.79 Å². The topological polar surface area (TPSA) is 117 Å². The SMILES string of the molecule is O=C1COC(=O)N1[C@@H]1CO[C@H](CO)[C@H](O)[C@@H]1O. The Labute approximate surface area is 96.3 Å². The van der Waals surface area contributed by atoms with Crippen LogP contribution in [-0.2, 0) is 14.3 Å². The zero-order valence-corrected chi connectivity index (χ0v) is 8.85. The molecule has 0 saturated carbocycles. The fraction of sp³-hybridized carbons (Fsp3) is 0.778. The van der Waals surface area contributed by atoms with Gasteiger partial charge in [0.1, 0.15) is 18.3 Å². The first-order valence-corrected chi connectivity index (χ1v) is 5.13. The lowest BCUT2D eigenvalue weighted by molar-refractivity contribution is -0.178. The van der Waals surface area contributed by atoms with E-state index in [1.807, 2.05) is 0 Å². The molecule has 17 heavy (non-hydrogen) atoms. The Morgan fingerprint density at radius 3 is 2.53 bits per heavy atom. The molecule has 0 spiro atoms. The van der Waals surface area contributed by atoms with E-state index in [1.54, 1.807) is 0 Å². The minimum absolute atomic E-state index is 0.149. The highest BCUT2D eigenvalue weighted by Crippen LogP contribution is 2.22. The lowest BCUT2D eigenvalue weighted by Crippen LogP contribution is -2.61. The largest absolute Gasteiger partial charge is 0.439 e. The first kappa shape index (κ1) is 12.2. The van der Waals surface area contributed by atoms with E-state index < -0.39 is 43.0 Å². The number of ether oxygens (including phenoxy) is 2. The van der Waals surface area contributed by atoms with Gasteiger partial charge in [0, 0.05) is 0 Å². The smallest absolute Gasteiger partial charge is 0.417 e. The fourth-order valence-corrected chi connectivity index (χ4v) is 1.94. The van der Waals surface area contributed by atoms with Crippen molar-refractivity contribution in [2.45, 2.75) is 24.4 Å². The molecule has 2 fully saturated rings. The fourth-order valence-electron chi connectivity index (χ4n) is 1.94. The molecule has 2 heterocycles. The van der Waals surface area contributed by atoms with Gasteiger partial charge in [-0.05, 0) is 0 Å². The number of rotatable bonds is 2. The molecule has 0 unspecified atom stereocenters. The number of hydrogen-bond acceptors (Lipinski definition) is 7. The van der Waals surface area contributed by atoms with Crippen molar-refractivity contribution in [2.24, 2.45) is 0 Å². The third-order valence-electron chi connectivity index (χ3n) is 2.90. The summed E-state index contributed by atoms with van der Waals surface area (Å²) in [5, 5.41) is 28.3. The average Bonchev–Trinajstić information content (AvgIpc) is 2.63. The predicted octanol–water partition coefficient (Wildman–Crippen LogP) is -2.55. The summed E-state index contributed by atoms with van der Waals surface area (Å²) in [5.41, 5.74) is 0. The molecule has 2 rings (SSSR count). The monoisotopic (exact) mass is 247 g/mol. The molecule has 2 saturated heterocycles. The van der Waals surface area contributed by atoms with E-state index in [2.05, 4.69) is 4.74 Å². The van der Waals surface area contributed by atoms with Crippen molar-refractivity contribution in [1.82, 2.24) is 4.90 Å². The van der Waals surface area contributed by atoms with Gasteiger partial charge in [-0.1, -0.05) is 0 Å². The van der Waals surface area contributed by atoms with Crippen LogP contribution < -0.4 is 0 Å². The molecule has 8 heteroatoms. The maximum atomic E-state index is 11.4. The van der Waals surface area contributed by atoms with Crippen LogP contribution in [0.4, 0.5) is 4.79 Å². The second kappa shape index (κ2) is 4.57. The zero-order chi connectivity index (χ0) is 12.6. The van der Waals surface area contributed by atoms with Crippen LogP contribution in [0.5, 0.6) is 0 Å². The summed E-state index contributed by atoms with van der Waals surface area (Å²) in [7, 11) is 0. The van der Waals surface area contributed by atoms with Crippen molar-refractivity contribution < 1.29 is 34.4 Å². The summed E-state index contributed by atoms with van der Waals surface area (Å²) < 4.78 is 9.58. The summed E-state index contributed by atoms with van der Waals surface area (Å²) in [4.78, 5) is 23.4. The molecule has 3 N–H and O–H groups in total. The van der Waals surface area contributed by atoms with Crippen molar-refractivity contribution in [3.05, 3.63) is 0 Å². The van der Waals surface area contributed by atoms with Gasteiger partial charge < -0.3 is 24.8 Å². The van der Waals surface area contributed by atoms with Gasteiger partial charge in [0.05, 0.1) is 19.3 Å². The number of carbonyl (C=O) groups is 2. The number of aliphatic hydroxyl groups is 3. The Hall–Kier alpha value is -1.22. The minimum atomic E-state index is -1.37. The standard InChI is InChI=1S/C9H13NO7/c11-1-5-8(14)7(13)4(2-16-5)10-6(12)3-17-9(10)15/h4-5,7-8,11,13-14H,1-3H2/t4-,5-,7-,8+/m1/s1. The Morgan fingerprint density at radius 2 is 2.00 bits per heavy atom. The molecule has 0 aromatic carbocycles. The first-order chi connectivity index (χ1) is 8.06. The molecular weight excluding hydrogens is 234 g/mol. The van der Waals surface area contributed by atoms with Crippen LogP contribution in [0.3, 0.4) is 0 Å². The number of aliphatic hydroxyl groups excluding tert-OH is 3. The van der Waals surface area contributed by atoms with Crippen molar-refractivity contribution in [3.63, 3.8) is 0 Å². The summed E-state index contributed by atoms with van der Waals surface area (Å²) >= 11 is 0. The van der Waals surface area contributed by atoms with Gasteiger partial charge in [-0.25, -0.2) is 9.69 Å². The highest BCUT2D eigenvalue weighted by Gasteiger charge is 2.47. The molecule has 2 amide bonds. The molecule has 2 aliphatic rings. The Bertz CT molecular complexity index is 317. The molecule has 8 nitrogen and oxygen atoms in total. The van der Waals surface area contributed by atoms with Gasteiger partial charge in [-0.15, -0.1) is 0 Å². The van der Waals surface area contributed by atoms with Crippen LogP contribution in [0.2, 0.25) is 0 Å². The van der Waals surface area contributed by atoms with Gasteiger partial charge >= 0.3 is 6.09 Å². The lowest BCUT2D eigenvalue weighted by atomic mass is 9.97. The van der Waals surface area contributed by atoms with Crippen molar-refractivity contribution in [1.29, 1.82) is 0 Å². The summed E-state index contributed by atoms with van der Waals surface area (Å²) in [6, 6.07) is -0.990. The number of cyclic esters (lactones) is 1. The van der Waals surface area contributed by atoms with Crippen molar-refractivity contribution in [2.75, 3.05) is 19.8 Å². The van der Waals surface area contributed by atoms with Crippen molar-refractivity contribution >= 4 is 12.0 Å². The van der Waals surface area contributed by atoms with Gasteiger partial charge in [-0.2, -0.15) is 0 Å². The molecular formula is C9H13NO7. The average molecular weight is 247 g/mol. The first-order valence-electron chi connectivity index (χ1n) is 5.13.